The summed E-state index contributed by atoms with van der Waals surface area (Å²) < 4.78 is 1.81. The van der Waals surface area contributed by atoms with Crippen molar-refractivity contribution in [3.8, 4) is 0 Å². The second-order valence-electron chi connectivity index (χ2n) is 6.30. The minimum absolute atomic E-state index is 0.0604. The molecule has 2 rings (SSSR count). The van der Waals surface area contributed by atoms with Crippen LogP contribution in [0.15, 0.2) is 0 Å². The van der Waals surface area contributed by atoms with Crippen LogP contribution >= 0.6 is 0 Å². The standard InChI is InChI=1S/C16H25N3O3/c1-10-14(11(2)19(4)17-10)9-18(3)15(20)12-7-5-6-8-13(12)16(21)22/h12-13H,5-9H2,1-4H3,(H,21,22)/t12-,13-/m0/s1. The van der Waals surface area contributed by atoms with Crippen LogP contribution in [0.3, 0.4) is 0 Å². The molecule has 0 radical (unpaired) electrons. The Labute approximate surface area is 131 Å². The van der Waals surface area contributed by atoms with Crippen LogP contribution in [0.1, 0.15) is 42.6 Å². The first kappa shape index (κ1) is 16.5. The molecule has 0 bridgehead atoms. The normalized spacial score (nSPS) is 21.6. The molecule has 0 unspecified atom stereocenters. The molecule has 6 heteroatoms. The quantitative estimate of drug-likeness (QED) is 0.921. The number of carboxylic acids is 1. The van der Waals surface area contributed by atoms with Crippen molar-refractivity contribution in [2.24, 2.45) is 18.9 Å². The van der Waals surface area contributed by atoms with E-state index in [2.05, 4.69) is 5.10 Å². The molecule has 0 aliphatic heterocycles. The number of amides is 1. The van der Waals surface area contributed by atoms with E-state index in [0.717, 1.165) is 29.8 Å². The topological polar surface area (TPSA) is 75.4 Å². The van der Waals surface area contributed by atoms with Crippen molar-refractivity contribution in [1.82, 2.24) is 14.7 Å². The average molecular weight is 307 g/mol. The number of aromatic nitrogens is 2. The van der Waals surface area contributed by atoms with Gasteiger partial charge in [-0.05, 0) is 26.7 Å². The molecule has 0 spiro atoms. The molecule has 2 atom stereocenters. The lowest BCUT2D eigenvalue weighted by Gasteiger charge is -2.31. The molecule has 0 saturated heterocycles. The number of hydrogen-bond donors (Lipinski definition) is 1. The molecule has 1 amide bonds. The summed E-state index contributed by atoms with van der Waals surface area (Å²) in [5.41, 5.74) is 3.00. The number of carboxylic acid groups (broad SMARTS) is 1. The Morgan fingerprint density at radius 1 is 1.27 bits per heavy atom. The third-order valence-corrected chi connectivity index (χ3v) is 4.83. The zero-order chi connectivity index (χ0) is 16.4. The van der Waals surface area contributed by atoms with E-state index in [1.165, 1.54) is 0 Å². The summed E-state index contributed by atoms with van der Waals surface area (Å²) in [6.45, 7) is 4.39. The first-order valence-electron chi connectivity index (χ1n) is 7.79. The average Bonchev–Trinajstić information content (AvgIpc) is 2.72. The van der Waals surface area contributed by atoms with Gasteiger partial charge in [0.1, 0.15) is 0 Å². The number of nitrogens with zero attached hydrogens (tertiary/aromatic N) is 3. The summed E-state index contributed by atoms with van der Waals surface area (Å²) in [5.74, 6) is -1.84. The lowest BCUT2D eigenvalue weighted by Crippen LogP contribution is -2.40. The van der Waals surface area contributed by atoms with E-state index >= 15 is 0 Å². The molecule has 1 aliphatic carbocycles. The van der Waals surface area contributed by atoms with Gasteiger partial charge >= 0.3 is 5.97 Å². The SMILES string of the molecule is Cc1nn(C)c(C)c1CN(C)C(=O)[C@H]1CCCC[C@@H]1C(=O)O. The molecule has 122 valence electrons. The number of carbonyl (C=O) groups excluding carboxylic acids is 1. The van der Waals surface area contributed by atoms with Crippen molar-refractivity contribution in [3.05, 3.63) is 17.0 Å². The summed E-state index contributed by atoms with van der Waals surface area (Å²) in [5, 5.41) is 13.7. The largest absolute Gasteiger partial charge is 0.481 e. The summed E-state index contributed by atoms with van der Waals surface area (Å²) >= 11 is 0. The molecule has 1 aromatic heterocycles. The highest BCUT2D eigenvalue weighted by atomic mass is 16.4. The van der Waals surface area contributed by atoms with Gasteiger partial charge in [0.25, 0.3) is 0 Å². The Hall–Kier alpha value is -1.85. The zero-order valence-corrected chi connectivity index (χ0v) is 13.8. The Bertz CT molecular complexity index is 579. The van der Waals surface area contributed by atoms with Crippen molar-refractivity contribution in [3.63, 3.8) is 0 Å². The smallest absolute Gasteiger partial charge is 0.307 e. The maximum Gasteiger partial charge on any atom is 0.307 e. The fourth-order valence-corrected chi connectivity index (χ4v) is 3.37. The molecule has 1 heterocycles. The molecule has 1 saturated carbocycles. The van der Waals surface area contributed by atoms with Gasteiger partial charge in [-0.25, -0.2) is 0 Å². The fraction of sp³-hybridized carbons (Fsp3) is 0.688. The third-order valence-electron chi connectivity index (χ3n) is 4.83. The Morgan fingerprint density at radius 3 is 2.36 bits per heavy atom. The van der Waals surface area contributed by atoms with E-state index < -0.39 is 17.8 Å². The van der Waals surface area contributed by atoms with Crippen molar-refractivity contribution in [1.29, 1.82) is 0 Å². The molecule has 0 aromatic carbocycles. The van der Waals surface area contributed by atoms with Gasteiger partial charge in [-0.3, -0.25) is 14.3 Å². The molecule has 1 aromatic rings. The fourth-order valence-electron chi connectivity index (χ4n) is 3.37. The number of aliphatic carboxylic acids is 1. The third kappa shape index (κ3) is 3.15. The first-order chi connectivity index (χ1) is 10.3. The van der Waals surface area contributed by atoms with Crippen LogP contribution in [0.25, 0.3) is 0 Å². The maximum absolute atomic E-state index is 12.7. The first-order valence-corrected chi connectivity index (χ1v) is 7.79. The summed E-state index contributed by atoms with van der Waals surface area (Å²) in [6.07, 6.45) is 3.10. The minimum atomic E-state index is -0.847. The predicted octanol–water partition coefficient (Wildman–Crippen LogP) is 1.89. The van der Waals surface area contributed by atoms with Gasteiger partial charge in [-0.1, -0.05) is 12.8 Å². The Balaban J connectivity index is 2.12. The second kappa shape index (κ2) is 6.50. The second-order valence-corrected chi connectivity index (χ2v) is 6.30. The highest BCUT2D eigenvalue weighted by molar-refractivity contribution is 5.84. The van der Waals surface area contributed by atoms with E-state index in [0.29, 0.717) is 19.4 Å². The number of aryl methyl sites for hydroxylation is 2. The van der Waals surface area contributed by atoms with Gasteiger partial charge in [0.15, 0.2) is 0 Å². The van der Waals surface area contributed by atoms with Crippen molar-refractivity contribution >= 4 is 11.9 Å². The number of hydrogen-bond acceptors (Lipinski definition) is 3. The molecule has 1 N–H and O–H groups in total. The van der Waals surface area contributed by atoms with Crippen LogP contribution in [0, 0.1) is 25.7 Å². The van der Waals surface area contributed by atoms with Crippen LogP contribution in [0.4, 0.5) is 0 Å². The van der Waals surface area contributed by atoms with Crippen LogP contribution < -0.4 is 0 Å². The summed E-state index contributed by atoms with van der Waals surface area (Å²) in [6, 6.07) is 0. The van der Waals surface area contributed by atoms with Crippen molar-refractivity contribution in [2.45, 2.75) is 46.1 Å². The van der Waals surface area contributed by atoms with Gasteiger partial charge in [0, 0.05) is 31.9 Å². The van der Waals surface area contributed by atoms with Crippen molar-refractivity contribution < 1.29 is 14.7 Å². The molecule has 22 heavy (non-hydrogen) atoms. The molecule has 6 nitrogen and oxygen atoms in total. The molecular weight excluding hydrogens is 282 g/mol. The number of carbonyl (C=O) groups is 2. The minimum Gasteiger partial charge on any atom is -0.481 e. The zero-order valence-electron chi connectivity index (χ0n) is 13.8. The van der Waals surface area contributed by atoms with E-state index in [4.69, 9.17) is 0 Å². The molecule has 1 fully saturated rings. The highest BCUT2D eigenvalue weighted by Crippen LogP contribution is 2.32. The lowest BCUT2D eigenvalue weighted by atomic mass is 9.78. The van der Waals surface area contributed by atoms with Gasteiger partial charge in [0.05, 0.1) is 17.5 Å². The summed E-state index contributed by atoms with van der Waals surface area (Å²) in [7, 11) is 3.64. The Morgan fingerprint density at radius 2 is 1.86 bits per heavy atom. The van der Waals surface area contributed by atoms with E-state index in [9.17, 15) is 14.7 Å². The molecular formula is C16H25N3O3. The van der Waals surface area contributed by atoms with Crippen LogP contribution in [-0.2, 0) is 23.2 Å². The highest BCUT2D eigenvalue weighted by Gasteiger charge is 2.37. The molecule has 1 aliphatic rings. The van der Waals surface area contributed by atoms with Gasteiger partial charge < -0.3 is 10.0 Å². The van der Waals surface area contributed by atoms with E-state index in [1.54, 1.807) is 11.9 Å². The lowest BCUT2D eigenvalue weighted by molar-refractivity contribution is -0.152. The number of rotatable bonds is 4. The summed E-state index contributed by atoms with van der Waals surface area (Å²) in [4.78, 5) is 25.7. The predicted molar refractivity (Wildman–Crippen MR) is 82.2 cm³/mol. The van der Waals surface area contributed by atoms with Crippen LogP contribution in [-0.4, -0.2) is 38.7 Å². The van der Waals surface area contributed by atoms with Gasteiger partial charge in [-0.2, -0.15) is 5.10 Å². The van der Waals surface area contributed by atoms with Gasteiger partial charge in [-0.15, -0.1) is 0 Å². The monoisotopic (exact) mass is 307 g/mol. The van der Waals surface area contributed by atoms with Crippen LogP contribution in [0.2, 0.25) is 0 Å². The Kier molecular flexibility index (Phi) is 4.88. The van der Waals surface area contributed by atoms with Gasteiger partial charge in [0.2, 0.25) is 5.91 Å². The van der Waals surface area contributed by atoms with E-state index in [-0.39, 0.29) is 5.91 Å². The van der Waals surface area contributed by atoms with Crippen LogP contribution in [0.5, 0.6) is 0 Å². The van der Waals surface area contributed by atoms with E-state index in [1.807, 2.05) is 25.6 Å². The maximum atomic E-state index is 12.7. The van der Waals surface area contributed by atoms with Crippen molar-refractivity contribution in [2.75, 3.05) is 7.05 Å².